The molecule has 42 heavy (non-hydrogen) atoms. The van der Waals surface area contributed by atoms with Crippen LogP contribution in [0.1, 0.15) is 39.6 Å². The van der Waals surface area contributed by atoms with E-state index in [2.05, 4.69) is 49.7 Å². The number of hydrogen-bond acceptors (Lipinski definition) is 9. The molecule has 1 atom stereocenters. The first kappa shape index (κ1) is 25.9. The number of furan rings is 1. The number of aryl methyl sites for hydroxylation is 1. The Morgan fingerprint density at radius 1 is 1.19 bits per heavy atom. The van der Waals surface area contributed by atoms with E-state index in [-0.39, 0.29) is 12.1 Å². The van der Waals surface area contributed by atoms with Crippen LogP contribution in [0, 0.1) is 18.8 Å². The number of hydrogen-bond donors (Lipinski definition) is 2. The molecule has 6 heterocycles. The van der Waals surface area contributed by atoms with Crippen molar-refractivity contribution in [3.8, 4) is 17.7 Å². The fourth-order valence-corrected chi connectivity index (χ4v) is 5.65. The van der Waals surface area contributed by atoms with Gasteiger partial charge in [-0.25, -0.2) is 14.6 Å². The van der Waals surface area contributed by atoms with Gasteiger partial charge in [0.25, 0.3) is 5.56 Å². The Balaban J connectivity index is 1.28. The molecule has 0 spiro atoms. The average molecular weight is 575 g/mol. The lowest BCUT2D eigenvalue weighted by Gasteiger charge is -2.13. The van der Waals surface area contributed by atoms with Crippen molar-refractivity contribution in [1.82, 2.24) is 34.6 Å². The number of rotatable bonds is 6. The molecule has 1 aliphatic rings. The highest BCUT2D eigenvalue weighted by molar-refractivity contribution is 7.09. The molecule has 1 saturated heterocycles. The van der Waals surface area contributed by atoms with Gasteiger partial charge in [-0.2, -0.15) is 10.1 Å². The first-order valence-electron chi connectivity index (χ1n) is 13.6. The molecule has 1 unspecified atom stereocenters. The summed E-state index contributed by atoms with van der Waals surface area (Å²) in [5.74, 6) is 7.54. The Labute approximate surface area is 245 Å². The Morgan fingerprint density at radius 3 is 2.86 bits per heavy atom. The fraction of sp³-hybridized carbons (Fsp3) is 0.194. The number of fused-ring (bicyclic) bond motifs is 1. The van der Waals surface area contributed by atoms with Crippen molar-refractivity contribution in [2.24, 2.45) is 0 Å². The molecule has 1 fully saturated rings. The second kappa shape index (κ2) is 11.1. The predicted molar refractivity (Wildman–Crippen MR) is 162 cm³/mol. The highest BCUT2D eigenvalue weighted by Gasteiger charge is 2.18. The molecule has 2 N–H and O–H groups in total. The summed E-state index contributed by atoms with van der Waals surface area (Å²) < 4.78 is 8.96. The molecule has 7 rings (SSSR count). The van der Waals surface area contributed by atoms with Crippen LogP contribution in [0.2, 0.25) is 0 Å². The summed E-state index contributed by atoms with van der Waals surface area (Å²) in [5, 5.41) is 11.7. The summed E-state index contributed by atoms with van der Waals surface area (Å²) in [4.78, 5) is 28.5. The van der Waals surface area contributed by atoms with E-state index in [0.29, 0.717) is 40.0 Å². The quantitative estimate of drug-likeness (QED) is 0.277. The molecule has 0 saturated carbocycles. The maximum absolute atomic E-state index is 13.9. The smallest absolute Gasteiger partial charge is 0.268 e. The third-order valence-electron chi connectivity index (χ3n) is 7.35. The molecule has 5 aromatic heterocycles. The van der Waals surface area contributed by atoms with E-state index in [1.54, 1.807) is 45.7 Å². The standard InChI is InChI=1S/C31H26N8O2S/c1-20-27(34-19-42-20)8-5-22-15-25-17-33-31(36-26-6-3-21(4-7-26)23-9-12-32-16-23)37-28(25)38(29(22)40)18-24-10-14-41-30(24)39-13-2-11-35-39/h2-4,6-7,10-11,13-15,17,19,23,32H,9,12,16,18H2,1H3,(H,33,36,37). The van der Waals surface area contributed by atoms with Crippen LogP contribution >= 0.6 is 11.3 Å². The van der Waals surface area contributed by atoms with Crippen molar-refractivity contribution < 1.29 is 4.42 Å². The van der Waals surface area contributed by atoms with Gasteiger partial charge in [0.2, 0.25) is 11.8 Å². The summed E-state index contributed by atoms with van der Waals surface area (Å²) in [6.07, 6.45) is 7.91. The number of aromatic nitrogens is 6. The van der Waals surface area contributed by atoms with Crippen LogP contribution in [-0.4, -0.2) is 42.4 Å². The fourth-order valence-electron chi connectivity index (χ4n) is 5.12. The topological polar surface area (TPSA) is 116 Å². The van der Waals surface area contributed by atoms with Crippen LogP contribution in [0.15, 0.2) is 82.0 Å². The van der Waals surface area contributed by atoms with Crippen LogP contribution in [-0.2, 0) is 6.54 Å². The lowest BCUT2D eigenvalue weighted by Crippen LogP contribution is -2.25. The first-order chi connectivity index (χ1) is 20.6. The monoisotopic (exact) mass is 574 g/mol. The first-order valence-corrected chi connectivity index (χ1v) is 14.5. The Morgan fingerprint density at radius 2 is 2.10 bits per heavy atom. The van der Waals surface area contributed by atoms with Crippen LogP contribution in [0.5, 0.6) is 0 Å². The number of anilines is 2. The highest BCUT2D eigenvalue weighted by atomic mass is 32.1. The van der Waals surface area contributed by atoms with Gasteiger partial charge in [-0.1, -0.05) is 18.1 Å². The van der Waals surface area contributed by atoms with E-state index in [4.69, 9.17) is 9.40 Å². The van der Waals surface area contributed by atoms with Gasteiger partial charge in [-0.3, -0.25) is 9.36 Å². The molecule has 1 aromatic carbocycles. The molecule has 6 aromatic rings. The van der Waals surface area contributed by atoms with Crippen LogP contribution in [0.25, 0.3) is 16.9 Å². The SMILES string of the molecule is Cc1scnc1C#Cc1cc2cnc(Nc3ccc(C4CCNC4)cc3)nc2n(Cc2ccoc2-n2cccn2)c1=O. The van der Waals surface area contributed by atoms with Crippen molar-refractivity contribution in [3.63, 3.8) is 0 Å². The Hall–Kier alpha value is -5.05. The molecule has 0 bridgehead atoms. The molecule has 0 aliphatic carbocycles. The summed E-state index contributed by atoms with van der Waals surface area (Å²) in [6, 6.07) is 13.7. The summed E-state index contributed by atoms with van der Waals surface area (Å²) in [7, 11) is 0. The molecule has 208 valence electrons. The lowest BCUT2D eigenvalue weighted by molar-refractivity contribution is 0.516. The molecule has 0 amide bonds. The molecular formula is C31H26N8O2S. The highest BCUT2D eigenvalue weighted by Crippen LogP contribution is 2.25. The van der Waals surface area contributed by atoms with Gasteiger partial charge in [0.05, 0.1) is 23.9 Å². The number of pyridine rings is 1. The van der Waals surface area contributed by atoms with Gasteiger partial charge in [0.15, 0.2) is 0 Å². The number of benzene rings is 1. The molecule has 0 radical (unpaired) electrons. The van der Waals surface area contributed by atoms with E-state index in [1.807, 2.05) is 31.2 Å². The van der Waals surface area contributed by atoms with Gasteiger partial charge < -0.3 is 15.1 Å². The van der Waals surface area contributed by atoms with E-state index in [9.17, 15) is 4.79 Å². The van der Waals surface area contributed by atoms with Gasteiger partial charge in [-0.05, 0) is 67.6 Å². The predicted octanol–water partition coefficient (Wildman–Crippen LogP) is 4.60. The second-order valence-corrected chi connectivity index (χ2v) is 11.1. The third kappa shape index (κ3) is 5.09. The zero-order valence-electron chi connectivity index (χ0n) is 22.7. The van der Waals surface area contributed by atoms with E-state index in [0.717, 1.165) is 35.6 Å². The maximum Gasteiger partial charge on any atom is 0.268 e. The number of nitrogens with zero attached hydrogens (tertiary/aromatic N) is 6. The number of thiazole rings is 1. The van der Waals surface area contributed by atoms with Crippen molar-refractivity contribution in [2.75, 3.05) is 18.4 Å². The van der Waals surface area contributed by atoms with Crippen LogP contribution in [0.3, 0.4) is 0 Å². The zero-order valence-corrected chi connectivity index (χ0v) is 23.6. The minimum Gasteiger partial charge on any atom is -0.446 e. The summed E-state index contributed by atoms with van der Waals surface area (Å²) in [5.41, 5.74) is 5.91. The molecule has 1 aliphatic heterocycles. The minimum atomic E-state index is -0.269. The Kier molecular flexibility index (Phi) is 6.83. The van der Waals surface area contributed by atoms with Gasteiger partial charge in [-0.15, -0.1) is 11.3 Å². The minimum absolute atomic E-state index is 0.201. The summed E-state index contributed by atoms with van der Waals surface area (Å²) in [6.45, 7) is 4.22. The second-order valence-electron chi connectivity index (χ2n) is 10.1. The molecule has 10 nitrogen and oxygen atoms in total. The maximum atomic E-state index is 13.9. The normalized spacial score (nSPS) is 14.6. The van der Waals surface area contributed by atoms with Crippen molar-refractivity contribution in [3.05, 3.63) is 110 Å². The zero-order chi connectivity index (χ0) is 28.5. The van der Waals surface area contributed by atoms with Crippen molar-refractivity contribution in [2.45, 2.75) is 25.8 Å². The largest absolute Gasteiger partial charge is 0.446 e. The lowest BCUT2D eigenvalue weighted by atomic mass is 9.98. The van der Waals surface area contributed by atoms with Crippen LogP contribution < -0.4 is 16.2 Å². The summed E-state index contributed by atoms with van der Waals surface area (Å²) >= 11 is 1.52. The van der Waals surface area contributed by atoms with Crippen LogP contribution in [0.4, 0.5) is 11.6 Å². The van der Waals surface area contributed by atoms with Crippen molar-refractivity contribution >= 4 is 34.0 Å². The third-order valence-corrected chi connectivity index (χ3v) is 8.11. The van der Waals surface area contributed by atoms with E-state index in [1.165, 1.54) is 16.9 Å². The van der Waals surface area contributed by atoms with Gasteiger partial charge >= 0.3 is 0 Å². The molecular weight excluding hydrogens is 548 g/mol. The van der Waals surface area contributed by atoms with Gasteiger partial charge in [0.1, 0.15) is 11.3 Å². The Bertz CT molecular complexity index is 1990. The average Bonchev–Trinajstić information content (AvgIpc) is 3.83. The molecule has 11 heteroatoms. The number of nitrogens with one attached hydrogen (secondary N) is 2. The van der Waals surface area contributed by atoms with E-state index >= 15 is 0 Å². The van der Waals surface area contributed by atoms with E-state index < -0.39 is 0 Å². The van der Waals surface area contributed by atoms with Crippen molar-refractivity contribution in [1.29, 1.82) is 0 Å². The van der Waals surface area contributed by atoms with Gasteiger partial charge in [0, 0.05) is 46.6 Å².